The number of anilines is 1. The molecule has 1 aliphatic heterocycles. The lowest BCUT2D eigenvalue weighted by molar-refractivity contribution is 0.184. The molecule has 2 N–H and O–H groups in total. The predicted molar refractivity (Wildman–Crippen MR) is 102 cm³/mol. The van der Waals surface area contributed by atoms with Gasteiger partial charge in [0.25, 0.3) is 10.0 Å². The Kier molecular flexibility index (Phi) is 4.96. The summed E-state index contributed by atoms with van der Waals surface area (Å²) >= 11 is 0. The van der Waals surface area contributed by atoms with E-state index in [0.717, 1.165) is 9.87 Å². The smallest absolute Gasteiger partial charge is 0.264 e. The van der Waals surface area contributed by atoms with Crippen LogP contribution in [0.15, 0.2) is 47.4 Å². The van der Waals surface area contributed by atoms with Crippen molar-refractivity contribution in [2.75, 3.05) is 15.8 Å². The van der Waals surface area contributed by atoms with Crippen molar-refractivity contribution in [1.82, 2.24) is 0 Å². The van der Waals surface area contributed by atoms with Gasteiger partial charge in [0, 0.05) is 6.07 Å². The molecule has 1 saturated heterocycles. The van der Waals surface area contributed by atoms with E-state index in [1.165, 1.54) is 30.3 Å². The molecular formula is C18H21NO6S2. The highest BCUT2D eigenvalue weighted by atomic mass is 32.2. The van der Waals surface area contributed by atoms with Gasteiger partial charge in [-0.1, -0.05) is 23.8 Å². The number of hydrogen-bond donors (Lipinski definition) is 2. The minimum Gasteiger partial charge on any atom is -0.508 e. The Morgan fingerprint density at radius 1 is 1.07 bits per heavy atom. The second-order valence-electron chi connectivity index (χ2n) is 6.80. The lowest BCUT2D eigenvalue weighted by Crippen LogP contribution is -2.47. The van der Waals surface area contributed by atoms with Crippen molar-refractivity contribution in [3.63, 3.8) is 0 Å². The molecule has 0 amide bonds. The zero-order valence-electron chi connectivity index (χ0n) is 14.9. The highest BCUT2D eigenvalue weighted by Gasteiger charge is 2.45. The Bertz CT molecular complexity index is 1080. The fourth-order valence-electron chi connectivity index (χ4n) is 3.37. The van der Waals surface area contributed by atoms with Gasteiger partial charge in [-0.15, -0.1) is 0 Å². The van der Waals surface area contributed by atoms with Crippen LogP contribution in [0.1, 0.15) is 11.1 Å². The van der Waals surface area contributed by atoms with Gasteiger partial charge in [-0.05, 0) is 37.6 Å². The van der Waals surface area contributed by atoms with Gasteiger partial charge in [-0.3, -0.25) is 4.31 Å². The van der Waals surface area contributed by atoms with Crippen molar-refractivity contribution in [2.24, 2.45) is 0 Å². The monoisotopic (exact) mass is 411 g/mol. The third kappa shape index (κ3) is 3.80. The Morgan fingerprint density at radius 3 is 2.33 bits per heavy atom. The second-order valence-corrected chi connectivity index (χ2v) is 10.7. The lowest BCUT2D eigenvalue weighted by Gasteiger charge is -2.32. The van der Waals surface area contributed by atoms with Crippen molar-refractivity contribution in [3.8, 4) is 5.75 Å². The Hall–Kier alpha value is -2.10. The van der Waals surface area contributed by atoms with Crippen LogP contribution >= 0.6 is 0 Å². The zero-order valence-corrected chi connectivity index (χ0v) is 16.5. The molecular weight excluding hydrogens is 390 g/mol. The van der Waals surface area contributed by atoms with E-state index in [1.807, 2.05) is 6.92 Å². The molecule has 7 nitrogen and oxygen atoms in total. The average molecular weight is 412 g/mol. The Morgan fingerprint density at radius 2 is 1.78 bits per heavy atom. The Labute approximate surface area is 158 Å². The van der Waals surface area contributed by atoms with Crippen LogP contribution < -0.4 is 4.31 Å². The number of hydrogen-bond acceptors (Lipinski definition) is 6. The maximum atomic E-state index is 13.5. The van der Waals surface area contributed by atoms with E-state index in [4.69, 9.17) is 0 Å². The normalized spacial score (nSPS) is 21.9. The summed E-state index contributed by atoms with van der Waals surface area (Å²) in [6.07, 6.45) is -1.36. The molecule has 0 unspecified atom stereocenters. The van der Waals surface area contributed by atoms with Crippen LogP contribution in [0, 0.1) is 13.8 Å². The summed E-state index contributed by atoms with van der Waals surface area (Å²) in [5, 5.41) is 20.1. The number of aliphatic hydroxyl groups excluding tert-OH is 1. The van der Waals surface area contributed by atoms with Crippen molar-refractivity contribution < 1.29 is 27.0 Å². The molecule has 0 saturated carbocycles. The molecule has 146 valence electrons. The van der Waals surface area contributed by atoms with E-state index in [1.54, 1.807) is 19.1 Å². The van der Waals surface area contributed by atoms with Gasteiger partial charge >= 0.3 is 0 Å². The second kappa shape index (κ2) is 6.81. The van der Waals surface area contributed by atoms with Gasteiger partial charge in [0.15, 0.2) is 9.84 Å². The van der Waals surface area contributed by atoms with E-state index in [0.29, 0.717) is 5.56 Å². The molecule has 1 heterocycles. The molecule has 9 heteroatoms. The molecule has 1 fully saturated rings. The fourth-order valence-corrected chi connectivity index (χ4v) is 7.11. The van der Waals surface area contributed by atoms with Crippen LogP contribution in [0.2, 0.25) is 0 Å². The predicted octanol–water partition coefficient (Wildman–Crippen LogP) is 1.36. The van der Waals surface area contributed by atoms with Crippen molar-refractivity contribution in [3.05, 3.63) is 53.6 Å². The molecule has 27 heavy (non-hydrogen) atoms. The molecule has 0 aliphatic carbocycles. The van der Waals surface area contributed by atoms with E-state index in [-0.39, 0.29) is 16.3 Å². The molecule has 3 rings (SSSR count). The summed E-state index contributed by atoms with van der Waals surface area (Å²) in [4.78, 5) is 0.0212. The minimum atomic E-state index is -4.19. The summed E-state index contributed by atoms with van der Waals surface area (Å²) in [6, 6.07) is 9.20. The molecule has 1 aliphatic rings. The number of nitrogens with zero attached hydrogens (tertiary/aromatic N) is 1. The minimum absolute atomic E-state index is 0.0212. The maximum absolute atomic E-state index is 13.5. The number of aliphatic hydroxyl groups is 1. The molecule has 0 bridgehead atoms. The van der Waals surface area contributed by atoms with Gasteiger partial charge in [-0.25, -0.2) is 16.8 Å². The largest absolute Gasteiger partial charge is 0.508 e. The van der Waals surface area contributed by atoms with E-state index in [2.05, 4.69) is 0 Å². The molecule has 2 aromatic carbocycles. The third-order valence-electron chi connectivity index (χ3n) is 4.55. The van der Waals surface area contributed by atoms with E-state index >= 15 is 0 Å². The first-order valence-corrected chi connectivity index (χ1v) is 11.6. The summed E-state index contributed by atoms with van der Waals surface area (Å²) in [5.74, 6) is -1.16. The number of phenolic OH excluding ortho intramolecular Hbond substituents is 1. The number of aryl methyl sites for hydroxylation is 2. The highest BCUT2D eigenvalue weighted by molar-refractivity contribution is 7.93. The molecule has 0 radical (unpaired) electrons. The van der Waals surface area contributed by atoms with Crippen LogP contribution in [0.5, 0.6) is 5.75 Å². The molecule has 2 aromatic rings. The van der Waals surface area contributed by atoms with Crippen molar-refractivity contribution in [2.45, 2.75) is 30.9 Å². The third-order valence-corrected chi connectivity index (χ3v) is 8.26. The SMILES string of the molecule is Cc1ccc(S(=O)(=O)N(c2cccc(O)c2)[C@@H]2CS(=O)(=O)C[C@@H]2O)c(C)c1. The number of aromatic hydroxyl groups is 1. The van der Waals surface area contributed by atoms with Gasteiger partial charge in [-0.2, -0.15) is 0 Å². The lowest BCUT2D eigenvalue weighted by atomic mass is 10.2. The quantitative estimate of drug-likeness (QED) is 0.786. The number of benzene rings is 2. The summed E-state index contributed by atoms with van der Waals surface area (Å²) < 4.78 is 51.8. The summed E-state index contributed by atoms with van der Waals surface area (Å²) in [6.45, 7) is 3.49. The van der Waals surface area contributed by atoms with Crippen LogP contribution in [-0.4, -0.2) is 50.7 Å². The first kappa shape index (κ1) is 19.7. The number of rotatable bonds is 4. The van der Waals surface area contributed by atoms with Gasteiger partial charge in [0.05, 0.1) is 34.2 Å². The Balaban J connectivity index is 2.21. The standard InChI is InChI=1S/C18H21NO6S2/c1-12-6-7-18(13(2)8-12)27(24,25)19(14-4-3-5-15(20)9-14)16-10-26(22,23)11-17(16)21/h3-9,16-17,20-21H,10-11H2,1-2H3/t16-,17+/m1/s1. The zero-order chi connectivity index (χ0) is 20.0. The molecule has 0 spiro atoms. The van der Waals surface area contributed by atoms with Crippen LogP contribution in [-0.2, 0) is 19.9 Å². The van der Waals surface area contributed by atoms with E-state index in [9.17, 15) is 27.0 Å². The number of sulfonamides is 1. The van der Waals surface area contributed by atoms with Gasteiger partial charge in [0.1, 0.15) is 5.75 Å². The fraction of sp³-hybridized carbons (Fsp3) is 0.333. The molecule has 0 aromatic heterocycles. The topological polar surface area (TPSA) is 112 Å². The summed E-state index contributed by atoms with van der Waals surface area (Å²) in [5.41, 5.74) is 1.49. The first-order valence-electron chi connectivity index (χ1n) is 8.30. The van der Waals surface area contributed by atoms with Crippen LogP contribution in [0.25, 0.3) is 0 Å². The van der Waals surface area contributed by atoms with E-state index < -0.39 is 43.5 Å². The van der Waals surface area contributed by atoms with Crippen LogP contribution in [0.4, 0.5) is 5.69 Å². The maximum Gasteiger partial charge on any atom is 0.264 e. The van der Waals surface area contributed by atoms with Crippen LogP contribution in [0.3, 0.4) is 0 Å². The van der Waals surface area contributed by atoms with Gasteiger partial charge in [0.2, 0.25) is 0 Å². The first-order chi connectivity index (χ1) is 12.5. The molecule has 2 atom stereocenters. The van der Waals surface area contributed by atoms with Crippen molar-refractivity contribution in [1.29, 1.82) is 0 Å². The highest BCUT2D eigenvalue weighted by Crippen LogP contribution is 2.33. The summed E-state index contributed by atoms with van der Waals surface area (Å²) in [7, 11) is -7.77. The number of phenols is 1. The average Bonchev–Trinajstić information content (AvgIpc) is 2.79. The number of sulfone groups is 1. The van der Waals surface area contributed by atoms with Gasteiger partial charge < -0.3 is 10.2 Å². The van der Waals surface area contributed by atoms with Crippen molar-refractivity contribution >= 4 is 25.5 Å².